The molecule has 4 rings (SSSR count). The van der Waals surface area contributed by atoms with Gasteiger partial charge in [0.1, 0.15) is 5.82 Å². The van der Waals surface area contributed by atoms with Crippen molar-refractivity contribution < 1.29 is 0 Å². The van der Waals surface area contributed by atoms with Crippen molar-refractivity contribution >= 4 is 5.82 Å². The van der Waals surface area contributed by atoms with Crippen LogP contribution in [0.4, 0.5) is 5.82 Å². The zero-order chi connectivity index (χ0) is 14.9. The van der Waals surface area contributed by atoms with E-state index in [2.05, 4.69) is 71.5 Å². The molecule has 0 atom stereocenters. The van der Waals surface area contributed by atoms with E-state index in [1.54, 1.807) is 0 Å². The topological polar surface area (TPSA) is 29.9 Å². The summed E-state index contributed by atoms with van der Waals surface area (Å²) < 4.78 is 2.08. The van der Waals surface area contributed by atoms with Gasteiger partial charge in [-0.1, -0.05) is 48.5 Å². The number of nitrogens with one attached hydrogen (secondary N) is 1. The Balaban J connectivity index is 1.79. The van der Waals surface area contributed by atoms with Crippen molar-refractivity contribution in [3.05, 3.63) is 77.0 Å². The summed E-state index contributed by atoms with van der Waals surface area (Å²) >= 11 is 0. The van der Waals surface area contributed by atoms with E-state index in [0.717, 1.165) is 25.1 Å². The number of fused-ring (bicyclic) bond motifs is 1. The molecule has 2 aromatic carbocycles. The molecule has 3 heteroatoms. The summed E-state index contributed by atoms with van der Waals surface area (Å²) in [7, 11) is 0. The summed E-state index contributed by atoms with van der Waals surface area (Å²) in [5, 5.41) is 8.41. The summed E-state index contributed by atoms with van der Waals surface area (Å²) in [6, 6.07) is 19.0. The smallest absolute Gasteiger partial charge is 0.133 e. The third-order valence-electron chi connectivity index (χ3n) is 4.29. The lowest BCUT2D eigenvalue weighted by Gasteiger charge is -2.09. The number of nitrogens with zero attached hydrogens (tertiary/aromatic N) is 2. The third-order valence-corrected chi connectivity index (χ3v) is 4.29. The molecule has 2 heterocycles. The van der Waals surface area contributed by atoms with Gasteiger partial charge < -0.3 is 5.32 Å². The van der Waals surface area contributed by atoms with Gasteiger partial charge in [-0.25, -0.2) is 4.68 Å². The highest BCUT2D eigenvalue weighted by Gasteiger charge is 2.23. The van der Waals surface area contributed by atoms with Crippen LogP contribution in [-0.4, -0.2) is 16.3 Å². The maximum Gasteiger partial charge on any atom is 0.133 e. The van der Waals surface area contributed by atoms with Gasteiger partial charge in [0.15, 0.2) is 0 Å². The van der Waals surface area contributed by atoms with E-state index >= 15 is 0 Å². The molecular formula is C19H19N3. The summed E-state index contributed by atoms with van der Waals surface area (Å²) in [6.07, 6.45) is 1.95. The molecule has 0 amide bonds. The molecule has 110 valence electrons. The lowest BCUT2D eigenvalue weighted by Crippen LogP contribution is -2.06. The van der Waals surface area contributed by atoms with Gasteiger partial charge in [-0.05, 0) is 30.5 Å². The standard InChI is InChI=1S/C19H19N3/c1-14-7-5-6-10-18(14)22-19-16(11-12-20-19)17(21-22)13-15-8-3-2-4-9-15/h2-10,20H,11-13H2,1H3. The molecule has 1 aromatic heterocycles. The third kappa shape index (κ3) is 2.19. The monoisotopic (exact) mass is 289 g/mol. The average Bonchev–Trinajstić information content (AvgIpc) is 3.13. The van der Waals surface area contributed by atoms with Gasteiger partial charge >= 0.3 is 0 Å². The van der Waals surface area contributed by atoms with E-state index in [1.165, 1.54) is 28.2 Å². The molecule has 0 radical (unpaired) electrons. The summed E-state index contributed by atoms with van der Waals surface area (Å²) in [6.45, 7) is 3.14. The Morgan fingerprint density at radius 3 is 2.64 bits per heavy atom. The quantitative estimate of drug-likeness (QED) is 0.796. The van der Waals surface area contributed by atoms with Crippen LogP contribution < -0.4 is 5.32 Å². The molecule has 1 aliphatic rings. The molecule has 0 fully saturated rings. The maximum atomic E-state index is 4.91. The van der Waals surface area contributed by atoms with Crippen molar-refractivity contribution in [2.75, 3.05) is 11.9 Å². The second-order valence-corrected chi connectivity index (χ2v) is 5.81. The number of aromatic nitrogens is 2. The van der Waals surface area contributed by atoms with Crippen LogP contribution in [-0.2, 0) is 12.8 Å². The van der Waals surface area contributed by atoms with Gasteiger partial charge in [-0.15, -0.1) is 0 Å². The minimum absolute atomic E-state index is 0.893. The molecule has 0 saturated carbocycles. The summed E-state index contributed by atoms with van der Waals surface area (Å²) in [5.41, 5.74) is 6.27. The number of rotatable bonds is 3. The van der Waals surface area contributed by atoms with Crippen LogP contribution in [0.5, 0.6) is 0 Å². The van der Waals surface area contributed by atoms with Crippen LogP contribution in [0.2, 0.25) is 0 Å². The van der Waals surface area contributed by atoms with Crippen molar-refractivity contribution in [1.82, 2.24) is 9.78 Å². The first-order valence-corrected chi connectivity index (χ1v) is 7.77. The highest BCUT2D eigenvalue weighted by molar-refractivity contribution is 5.58. The Labute approximate surface area is 130 Å². The molecule has 0 aliphatic carbocycles. The summed E-state index contributed by atoms with van der Waals surface area (Å²) in [4.78, 5) is 0. The van der Waals surface area contributed by atoms with Gasteiger partial charge in [0.25, 0.3) is 0 Å². The molecule has 0 saturated heterocycles. The summed E-state index contributed by atoms with van der Waals surface area (Å²) in [5.74, 6) is 1.17. The van der Waals surface area contributed by atoms with E-state index in [4.69, 9.17) is 5.10 Å². The second-order valence-electron chi connectivity index (χ2n) is 5.81. The molecule has 3 nitrogen and oxygen atoms in total. The Kier molecular flexibility index (Phi) is 3.19. The second kappa shape index (κ2) is 5.34. The fraction of sp³-hybridized carbons (Fsp3) is 0.211. The van der Waals surface area contributed by atoms with Gasteiger partial charge in [-0.3, -0.25) is 0 Å². The van der Waals surface area contributed by atoms with Crippen molar-refractivity contribution in [2.24, 2.45) is 0 Å². The number of benzene rings is 2. The Morgan fingerprint density at radius 1 is 1.05 bits per heavy atom. The van der Waals surface area contributed by atoms with E-state index in [-0.39, 0.29) is 0 Å². The van der Waals surface area contributed by atoms with E-state index in [9.17, 15) is 0 Å². The SMILES string of the molecule is Cc1ccccc1-n1nc(Cc2ccccc2)c2c1NCC2. The number of anilines is 1. The first-order chi connectivity index (χ1) is 10.8. The molecule has 1 aliphatic heterocycles. The van der Waals surface area contributed by atoms with Crippen LogP contribution >= 0.6 is 0 Å². The molecule has 0 unspecified atom stereocenters. The molecule has 22 heavy (non-hydrogen) atoms. The Bertz CT molecular complexity index is 803. The zero-order valence-electron chi connectivity index (χ0n) is 12.7. The minimum Gasteiger partial charge on any atom is -0.369 e. The van der Waals surface area contributed by atoms with Crippen molar-refractivity contribution in [1.29, 1.82) is 0 Å². The fourth-order valence-corrected chi connectivity index (χ4v) is 3.15. The Hall–Kier alpha value is -2.55. The normalized spacial score (nSPS) is 13.0. The predicted molar refractivity (Wildman–Crippen MR) is 89.7 cm³/mol. The van der Waals surface area contributed by atoms with Crippen molar-refractivity contribution in [3.8, 4) is 5.69 Å². The minimum atomic E-state index is 0.893. The van der Waals surface area contributed by atoms with E-state index in [1.807, 2.05) is 0 Å². The molecule has 0 bridgehead atoms. The largest absolute Gasteiger partial charge is 0.369 e. The first kappa shape index (κ1) is 13.1. The molecule has 0 spiro atoms. The zero-order valence-corrected chi connectivity index (χ0v) is 12.7. The van der Waals surface area contributed by atoms with E-state index in [0.29, 0.717) is 0 Å². The number of para-hydroxylation sites is 1. The average molecular weight is 289 g/mol. The highest BCUT2D eigenvalue weighted by atomic mass is 15.3. The van der Waals surface area contributed by atoms with Crippen LogP contribution in [0, 0.1) is 6.92 Å². The van der Waals surface area contributed by atoms with Crippen molar-refractivity contribution in [2.45, 2.75) is 19.8 Å². The number of hydrogen-bond donors (Lipinski definition) is 1. The van der Waals surface area contributed by atoms with Crippen LogP contribution in [0.1, 0.15) is 22.4 Å². The van der Waals surface area contributed by atoms with Gasteiger partial charge in [0.2, 0.25) is 0 Å². The van der Waals surface area contributed by atoms with Crippen molar-refractivity contribution in [3.63, 3.8) is 0 Å². The van der Waals surface area contributed by atoms with E-state index < -0.39 is 0 Å². The lowest BCUT2D eigenvalue weighted by molar-refractivity contribution is 0.835. The first-order valence-electron chi connectivity index (χ1n) is 7.77. The van der Waals surface area contributed by atoms with Crippen LogP contribution in [0.15, 0.2) is 54.6 Å². The van der Waals surface area contributed by atoms with Crippen LogP contribution in [0.3, 0.4) is 0 Å². The molecular weight excluding hydrogens is 270 g/mol. The molecule has 1 N–H and O–H groups in total. The molecule has 3 aromatic rings. The fourth-order valence-electron chi connectivity index (χ4n) is 3.15. The Morgan fingerprint density at radius 2 is 1.82 bits per heavy atom. The van der Waals surface area contributed by atoms with Gasteiger partial charge in [-0.2, -0.15) is 5.10 Å². The highest BCUT2D eigenvalue weighted by Crippen LogP contribution is 2.30. The van der Waals surface area contributed by atoms with Gasteiger partial charge in [0, 0.05) is 18.5 Å². The lowest BCUT2D eigenvalue weighted by atomic mass is 10.1. The predicted octanol–water partition coefficient (Wildman–Crippen LogP) is 3.74. The number of aryl methyl sites for hydroxylation is 1. The maximum absolute atomic E-state index is 4.91. The van der Waals surface area contributed by atoms with Crippen LogP contribution in [0.25, 0.3) is 5.69 Å². The van der Waals surface area contributed by atoms with Gasteiger partial charge in [0.05, 0.1) is 11.4 Å². The number of hydrogen-bond acceptors (Lipinski definition) is 2.